The fourth-order valence-corrected chi connectivity index (χ4v) is 2.20. The lowest BCUT2D eigenvalue weighted by molar-refractivity contribution is -0.137. The number of benzene rings is 2. The fraction of sp³-hybridized carbons (Fsp3) is 0.150. The summed E-state index contributed by atoms with van der Waals surface area (Å²) in [5, 5.41) is 10.5. The van der Waals surface area contributed by atoms with Crippen LogP contribution in [0.5, 0.6) is 0 Å². The SMILES string of the molecule is CCCC(=O)O.c1ccc2[nH]ccc2c1.c1ccc2[nH]ccc2c1. The summed E-state index contributed by atoms with van der Waals surface area (Å²) >= 11 is 0. The van der Waals surface area contributed by atoms with Crippen molar-refractivity contribution in [3.8, 4) is 0 Å². The number of carbonyl (C=O) groups is 1. The van der Waals surface area contributed by atoms with E-state index in [-0.39, 0.29) is 0 Å². The van der Waals surface area contributed by atoms with Gasteiger partial charge in [0.1, 0.15) is 0 Å². The molecule has 4 aromatic rings. The topological polar surface area (TPSA) is 68.9 Å². The van der Waals surface area contributed by atoms with Crippen LogP contribution in [0.25, 0.3) is 21.8 Å². The Kier molecular flexibility index (Phi) is 6.65. The first-order chi connectivity index (χ1) is 11.7. The molecule has 0 radical (unpaired) electrons. The van der Waals surface area contributed by atoms with E-state index >= 15 is 0 Å². The zero-order chi connectivity index (χ0) is 17.2. The summed E-state index contributed by atoms with van der Waals surface area (Å²) in [6, 6.07) is 20.6. The molecular formula is C20H22N2O2. The first-order valence-electron chi connectivity index (χ1n) is 7.96. The lowest BCUT2D eigenvalue weighted by Gasteiger charge is -1.83. The van der Waals surface area contributed by atoms with E-state index in [0.29, 0.717) is 6.42 Å². The maximum atomic E-state index is 9.60. The van der Waals surface area contributed by atoms with Crippen molar-refractivity contribution in [2.24, 2.45) is 0 Å². The number of para-hydroxylation sites is 2. The van der Waals surface area contributed by atoms with Gasteiger partial charge in [-0.3, -0.25) is 4.79 Å². The Bertz CT molecular complexity index is 751. The van der Waals surface area contributed by atoms with Crippen molar-refractivity contribution >= 4 is 27.8 Å². The molecule has 0 unspecified atom stereocenters. The highest BCUT2D eigenvalue weighted by molar-refractivity contribution is 5.79. The van der Waals surface area contributed by atoms with Crippen LogP contribution in [0.15, 0.2) is 73.1 Å². The summed E-state index contributed by atoms with van der Waals surface area (Å²) in [7, 11) is 0. The van der Waals surface area contributed by atoms with Gasteiger partial charge in [-0.05, 0) is 41.5 Å². The molecule has 2 aromatic carbocycles. The molecule has 4 heteroatoms. The van der Waals surface area contributed by atoms with Crippen molar-refractivity contribution in [3.63, 3.8) is 0 Å². The fourth-order valence-electron chi connectivity index (χ4n) is 2.20. The number of fused-ring (bicyclic) bond motifs is 2. The summed E-state index contributed by atoms with van der Waals surface area (Å²) in [5.74, 6) is -0.711. The Morgan fingerprint density at radius 3 is 1.62 bits per heavy atom. The van der Waals surface area contributed by atoms with Crippen molar-refractivity contribution in [1.82, 2.24) is 9.97 Å². The highest BCUT2D eigenvalue weighted by Crippen LogP contribution is 2.09. The molecule has 4 rings (SSSR count). The van der Waals surface area contributed by atoms with Gasteiger partial charge in [-0.25, -0.2) is 0 Å². The van der Waals surface area contributed by atoms with E-state index in [1.807, 2.05) is 43.6 Å². The van der Waals surface area contributed by atoms with E-state index in [0.717, 1.165) is 6.42 Å². The van der Waals surface area contributed by atoms with Crippen LogP contribution in [-0.4, -0.2) is 21.0 Å². The van der Waals surface area contributed by atoms with E-state index in [4.69, 9.17) is 5.11 Å². The van der Waals surface area contributed by atoms with Gasteiger partial charge in [0.05, 0.1) is 0 Å². The van der Waals surface area contributed by atoms with Gasteiger partial charge in [-0.2, -0.15) is 0 Å². The number of rotatable bonds is 2. The average molecular weight is 322 g/mol. The van der Waals surface area contributed by atoms with E-state index in [9.17, 15) is 4.79 Å². The molecule has 0 spiro atoms. The molecule has 0 aliphatic rings. The van der Waals surface area contributed by atoms with Crippen molar-refractivity contribution in [3.05, 3.63) is 73.1 Å². The lowest BCUT2D eigenvalue weighted by Crippen LogP contribution is -1.90. The largest absolute Gasteiger partial charge is 0.481 e. The Hall–Kier alpha value is -3.01. The van der Waals surface area contributed by atoms with Gasteiger partial charge < -0.3 is 15.1 Å². The van der Waals surface area contributed by atoms with Crippen LogP contribution >= 0.6 is 0 Å². The van der Waals surface area contributed by atoms with Crippen molar-refractivity contribution in [2.45, 2.75) is 19.8 Å². The third-order valence-corrected chi connectivity index (χ3v) is 3.39. The number of hydrogen-bond acceptors (Lipinski definition) is 1. The second-order valence-electron chi connectivity index (χ2n) is 5.27. The number of aliphatic carboxylic acids is 1. The standard InChI is InChI=1S/2C8H7N.C4H8O2/c2*1-2-4-8-7(3-1)5-6-9-8;1-2-3-4(5)6/h2*1-6,9H;2-3H2,1H3,(H,5,6). The first kappa shape index (κ1) is 17.3. The van der Waals surface area contributed by atoms with Gasteiger partial charge in [0, 0.05) is 29.8 Å². The molecule has 0 atom stereocenters. The molecule has 4 nitrogen and oxygen atoms in total. The van der Waals surface area contributed by atoms with Crippen LogP contribution in [-0.2, 0) is 4.79 Å². The van der Waals surface area contributed by atoms with Crippen molar-refractivity contribution in [2.75, 3.05) is 0 Å². The van der Waals surface area contributed by atoms with Crippen LogP contribution in [0.2, 0.25) is 0 Å². The van der Waals surface area contributed by atoms with E-state index in [2.05, 4.69) is 46.4 Å². The highest BCUT2D eigenvalue weighted by Gasteiger charge is 1.88. The molecule has 0 fully saturated rings. The summed E-state index contributed by atoms with van der Waals surface area (Å²) in [6.45, 7) is 1.84. The van der Waals surface area contributed by atoms with E-state index < -0.39 is 5.97 Å². The molecule has 0 aliphatic heterocycles. The molecule has 2 aromatic heterocycles. The molecule has 24 heavy (non-hydrogen) atoms. The molecule has 0 aliphatic carbocycles. The quantitative estimate of drug-likeness (QED) is 0.474. The van der Waals surface area contributed by atoms with Gasteiger partial charge in [-0.15, -0.1) is 0 Å². The molecule has 0 saturated carbocycles. The van der Waals surface area contributed by atoms with Crippen LogP contribution in [0, 0.1) is 0 Å². The summed E-state index contributed by atoms with van der Waals surface area (Å²) < 4.78 is 0. The monoisotopic (exact) mass is 322 g/mol. The average Bonchev–Trinajstić information content (AvgIpc) is 3.25. The zero-order valence-corrected chi connectivity index (χ0v) is 13.7. The van der Waals surface area contributed by atoms with Crippen LogP contribution in [0.4, 0.5) is 0 Å². The van der Waals surface area contributed by atoms with Crippen LogP contribution < -0.4 is 0 Å². The van der Waals surface area contributed by atoms with Gasteiger partial charge in [0.2, 0.25) is 0 Å². The van der Waals surface area contributed by atoms with Crippen LogP contribution in [0.1, 0.15) is 19.8 Å². The Morgan fingerprint density at radius 1 is 0.833 bits per heavy atom. The molecular weight excluding hydrogens is 300 g/mol. The van der Waals surface area contributed by atoms with Gasteiger partial charge in [0.25, 0.3) is 0 Å². The second kappa shape index (κ2) is 9.20. The molecule has 3 N–H and O–H groups in total. The third-order valence-electron chi connectivity index (χ3n) is 3.39. The van der Waals surface area contributed by atoms with E-state index in [1.54, 1.807) is 0 Å². The number of carboxylic acid groups (broad SMARTS) is 1. The minimum Gasteiger partial charge on any atom is -0.481 e. The summed E-state index contributed by atoms with van der Waals surface area (Å²) in [6.07, 6.45) is 4.92. The third kappa shape index (κ3) is 5.32. The number of hydrogen-bond donors (Lipinski definition) is 3. The molecule has 0 amide bonds. The summed E-state index contributed by atoms with van der Waals surface area (Å²) in [5.41, 5.74) is 2.41. The number of aromatic nitrogens is 2. The molecule has 2 heterocycles. The second-order valence-corrected chi connectivity index (χ2v) is 5.27. The Balaban J connectivity index is 0.000000134. The maximum Gasteiger partial charge on any atom is 0.303 e. The number of nitrogens with one attached hydrogen (secondary N) is 2. The van der Waals surface area contributed by atoms with Crippen molar-refractivity contribution in [1.29, 1.82) is 0 Å². The molecule has 0 saturated heterocycles. The van der Waals surface area contributed by atoms with E-state index in [1.165, 1.54) is 21.8 Å². The smallest absolute Gasteiger partial charge is 0.303 e. The Morgan fingerprint density at radius 2 is 1.29 bits per heavy atom. The molecule has 0 bridgehead atoms. The maximum absolute atomic E-state index is 9.60. The van der Waals surface area contributed by atoms with Crippen LogP contribution in [0.3, 0.4) is 0 Å². The number of carboxylic acids is 1. The van der Waals surface area contributed by atoms with Gasteiger partial charge in [-0.1, -0.05) is 43.3 Å². The lowest BCUT2D eigenvalue weighted by atomic mass is 10.3. The first-order valence-corrected chi connectivity index (χ1v) is 7.96. The predicted octanol–water partition coefficient (Wildman–Crippen LogP) is 5.21. The number of H-pyrrole nitrogens is 2. The minimum atomic E-state index is -0.711. The van der Waals surface area contributed by atoms with Crippen molar-refractivity contribution < 1.29 is 9.90 Å². The Labute approximate surface area is 141 Å². The molecule has 124 valence electrons. The number of aromatic amines is 2. The van der Waals surface area contributed by atoms with Gasteiger partial charge in [0.15, 0.2) is 0 Å². The minimum absolute atomic E-state index is 0.292. The highest BCUT2D eigenvalue weighted by atomic mass is 16.4. The summed E-state index contributed by atoms with van der Waals surface area (Å²) in [4.78, 5) is 15.8. The normalized spacial score (nSPS) is 9.71. The predicted molar refractivity (Wildman–Crippen MR) is 99.1 cm³/mol. The zero-order valence-electron chi connectivity index (χ0n) is 13.7. The van der Waals surface area contributed by atoms with Gasteiger partial charge >= 0.3 is 5.97 Å².